The van der Waals surface area contributed by atoms with Crippen molar-refractivity contribution in [2.45, 2.75) is 31.2 Å². The van der Waals surface area contributed by atoms with Crippen molar-refractivity contribution in [3.63, 3.8) is 0 Å². The molecule has 0 aliphatic carbocycles. The lowest BCUT2D eigenvalue weighted by Crippen LogP contribution is -2.41. The van der Waals surface area contributed by atoms with Crippen LogP contribution in [0, 0.1) is 17.5 Å². The number of hydrogen-bond donors (Lipinski definition) is 1. The normalized spacial score (nSPS) is 12.8. The average Bonchev–Trinajstić information content (AvgIpc) is 1.93. The van der Waals surface area contributed by atoms with Gasteiger partial charge in [0.05, 0.1) is 0 Å². The molecule has 0 saturated carbocycles. The monoisotopic (exact) mass is 267 g/mol. The van der Waals surface area contributed by atoms with Crippen LogP contribution in [-0.4, -0.2) is 14.0 Å². The molecule has 0 aliphatic heterocycles. The summed E-state index contributed by atoms with van der Waals surface area (Å²) in [5, 5.41) is 0. The molecule has 1 aromatic rings. The first-order valence-electron chi connectivity index (χ1n) is 4.71. The SMILES string of the molecule is CC(C)(C)NS(=O)(=O)c1c(F)cc(F)cc1F. The summed E-state index contributed by atoms with van der Waals surface area (Å²) >= 11 is 0. The van der Waals surface area contributed by atoms with Gasteiger partial charge >= 0.3 is 0 Å². The summed E-state index contributed by atoms with van der Waals surface area (Å²) in [6, 6.07) is 0.639. The molecule has 7 heteroatoms. The molecule has 0 atom stereocenters. The third-order valence-electron chi connectivity index (χ3n) is 1.67. The topological polar surface area (TPSA) is 46.2 Å². The third kappa shape index (κ3) is 3.44. The van der Waals surface area contributed by atoms with E-state index in [1.807, 2.05) is 0 Å². The van der Waals surface area contributed by atoms with Gasteiger partial charge in [-0.25, -0.2) is 26.3 Å². The highest BCUT2D eigenvalue weighted by molar-refractivity contribution is 7.89. The second-order valence-corrected chi connectivity index (χ2v) is 6.17. The summed E-state index contributed by atoms with van der Waals surface area (Å²) in [4.78, 5) is -1.17. The van der Waals surface area contributed by atoms with Crippen LogP contribution in [0.25, 0.3) is 0 Å². The fourth-order valence-electron chi connectivity index (χ4n) is 1.24. The maximum Gasteiger partial charge on any atom is 0.246 e. The number of nitrogens with one attached hydrogen (secondary N) is 1. The Morgan fingerprint density at radius 3 is 1.82 bits per heavy atom. The van der Waals surface area contributed by atoms with Crippen LogP contribution in [0.1, 0.15) is 20.8 Å². The smallest absolute Gasteiger partial charge is 0.207 e. The van der Waals surface area contributed by atoms with E-state index in [0.29, 0.717) is 12.1 Å². The van der Waals surface area contributed by atoms with Crippen LogP contribution < -0.4 is 4.72 Å². The first kappa shape index (κ1) is 14.0. The summed E-state index contributed by atoms with van der Waals surface area (Å²) in [7, 11) is -4.36. The zero-order chi connectivity index (χ0) is 13.4. The maximum atomic E-state index is 13.3. The molecule has 96 valence electrons. The molecule has 0 fully saturated rings. The van der Waals surface area contributed by atoms with Crippen molar-refractivity contribution in [3.05, 3.63) is 29.6 Å². The van der Waals surface area contributed by atoms with Gasteiger partial charge in [0.25, 0.3) is 0 Å². The first-order chi connectivity index (χ1) is 7.53. The summed E-state index contributed by atoms with van der Waals surface area (Å²) in [5.41, 5.74) is -0.897. The third-order valence-corrected chi connectivity index (χ3v) is 3.48. The van der Waals surface area contributed by atoms with Crippen molar-refractivity contribution in [1.29, 1.82) is 0 Å². The summed E-state index contributed by atoms with van der Waals surface area (Å²) in [5.74, 6) is -4.09. The zero-order valence-corrected chi connectivity index (χ0v) is 10.3. The molecule has 0 aromatic heterocycles. The predicted molar refractivity (Wildman–Crippen MR) is 56.4 cm³/mol. The van der Waals surface area contributed by atoms with E-state index >= 15 is 0 Å². The molecular formula is C10H12F3NO2S. The molecule has 0 amide bonds. The largest absolute Gasteiger partial charge is 0.246 e. The molecule has 0 bridgehead atoms. The van der Waals surface area contributed by atoms with E-state index in [1.54, 1.807) is 0 Å². The average molecular weight is 267 g/mol. The second-order valence-electron chi connectivity index (χ2n) is 4.55. The summed E-state index contributed by atoms with van der Waals surface area (Å²) in [6.07, 6.45) is 0. The van der Waals surface area contributed by atoms with Crippen LogP contribution in [0.4, 0.5) is 13.2 Å². The molecule has 1 rings (SSSR count). The minimum atomic E-state index is -4.36. The lowest BCUT2D eigenvalue weighted by atomic mass is 10.1. The van der Waals surface area contributed by atoms with Crippen molar-refractivity contribution in [3.8, 4) is 0 Å². The highest BCUT2D eigenvalue weighted by atomic mass is 32.2. The molecular weight excluding hydrogens is 255 g/mol. The predicted octanol–water partition coefficient (Wildman–Crippen LogP) is 2.18. The molecule has 17 heavy (non-hydrogen) atoms. The molecule has 0 aliphatic rings. The van der Waals surface area contributed by atoms with Crippen LogP contribution in [0.2, 0.25) is 0 Å². The Morgan fingerprint density at radius 2 is 1.47 bits per heavy atom. The lowest BCUT2D eigenvalue weighted by Gasteiger charge is -2.20. The number of sulfonamides is 1. The Bertz CT molecular complexity index is 512. The van der Waals surface area contributed by atoms with E-state index in [2.05, 4.69) is 4.72 Å². The maximum absolute atomic E-state index is 13.3. The molecule has 0 heterocycles. The van der Waals surface area contributed by atoms with Gasteiger partial charge in [0.15, 0.2) is 4.90 Å². The van der Waals surface area contributed by atoms with Crippen LogP contribution in [-0.2, 0) is 10.0 Å². The lowest BCUT2D eigenvalue weighted by molar-refractivity contribution is 0.468. The highest BCUT2D eigenvalue weighted by Crippen LogP contribution is 2.21. The minimum absolute atomic E-state index is 0.320. The number of halogens is 3. The van der Waals surface area contributed by atoms with Gasteiger partial charge in [0.2, 0.25) is 10.0 Å². The van der Waals surface area contributed by atoms with Crippen molar-refractivity contribution >= 4 is 10.0 Å². The standard InChI is InChI=1S/C10H12F3NO2S/c1-10(2,3)14-17(15,16)9-7(12)4-6(11)5-8(9)13/h4-5,14H,1-3H3. The summed E-state index contributed by atoms with van der Waals surface area (Å²) < 4.78 is 64.7. The quantitative estimate of drug-likeness (QED) is 0.892. The fraction of sp³-hybridized carbons (Fsp3) is 0.400. The van der Waals surface area contributed by atoms with Crippen molar-refractivity contribution in [2.24, 2.45) is 0 Å². The van der Waals surface area contributed by atoms with Crippen molar-refractivity contribution < 1.29 is 21.6 Å². The summed E-state index contributed by atoms with van der Waals surface area (Å²) in [6.45, 7) is 4.55. The fourth-order valence-corrected chi connectivity index (χ4v) is 2.78. The van der Waals surface area contributed by atoms with E-state index in [1.165, 1.54) is 20.8 Å². The van der Waals surface area contributed by atoms with Gasteiger partial charge in [-0.15, -0.1) is 0 Å². The molecule has 0 radical (unpaired) electrons. The van der Waals surface area contributed by atoms with Crippen molar-refractivity contribution in [2.75, 3.05) is 0 Å². The number of hydrogen-bond acceptors (Lipinski definition) is 2. The van der Waals surface area contributed by atoms with Gasteiger partial charge < -0.3 is 0 Å². The van der Waals surface area contributed by atoms with E-state index < -0.39 is 37.9 Å². The van der Waals surface area contributed by atoms with E-state index in [-0.39, 0.29) is 0 Å². The Morgan fingerprint density at radius 1 is 1.06 bits per heavy atom. The van der Waals surface area contributed by atoms with Crippen molar-refractivity contribution in [1.82, 2.24) is 4.72 Å². The van der Waals surface area contributed by atoms with E-state index in [4.69, 9.17) is 0 Å². The van der Waals surface area contributed by atoms with Gasteiger partial charge in [-0.2, -0.15) is 0 Å². The number of rotatable bonds is 2. The van der Waals surface area contributed by atoms with Crippen LogP contribution in [0.15, 0.2) is 17.0 Å². The van der Waals surface area contributed by atoms with Crippen LogP contribution in [0.3, 0.4) is 0 Å². The van der Waals surface area contributed by atoms with E-state index in [9.17, 15) is 21.6 Å². The Balaban J connectivity index is 3.35. The molecule has 3 nitrogen and oxygen atoms in total. The Hall–Kier alpha value is -1.08. The first-order valence-corrected chi connectivity index (χ1v) is 6.20. The Labute approximate surface area is 97.7 Å². The van der Waals surface area contributed by atoms with Gasteiger partial charge in [-0.1, -0.05) is 0 Å². The van der Waals surface area contributed by atoms with E-state index in [0.717, 1.165) is 0 Å². The van der Waals surface area contributed by atoms with Gasteiger partial charge in [0, 0.05) is 17.7 Å². The number of benzene rings is 1. The minimum Gasteiger partial charge on any atom is -0.207 e. The highest BCUT2D eigenvalue weighted by Gasteiger charge is 2.28. The van der Waals surface area contributed by atoms with Crippen LogP contribution >= 0.6 is 0 Å². The molecule has 0 saturated heterocycles. The zero-order valence-electron chi connectivity index (χ0n) is 9.51. The molecule has 0 unspecified atom stereocenters. The van der Waals surface area contributed by atoms with Gasteiger partial charge in [-0.05, 0) is 20.8 Å². The molecule has 1 N–H and O–H groups in total. The van der Waals surface area contributed by atoms with Gasteiger partial charge in [-0.3, -0.25) is 0 Å². The van der Waals surface area contributed by atoms with Crippen LogP contribution in [0.5, 0.6) is 0 Å². The van der Waals surface area contributed by atoms with Gasteiger partial charge in [0.1, 0.15) is 17.5 Å². The molecule has 0 spiro atoms. The second kappa shape index (κ2) is 4.30. The molecule has 1 aromatic carbocycles. The Kier molecular flexibility index (Phi) is 3.54.